The van der Waals surface area contributed by atoms with Gasteiger partial charge in [0.05, 0.1) is 12.6 Å². The van der Waals surface area contributed by atoms with Crippen molar-refractivity contribution in [3.8, 4) is 5.75 Å². The summed E-state index contributed by atoms with van der Waals surface area (Å²) in [4.78, 5) is 26.0. The zero-order valence-electron chi connectivity index (χ0n) is 20.4. The molecule has 0 spiro atoms. The summed E-state index contributed by atoms with van der Waals surface area (Å²) in [5.74, 6) is -0.489. The molecular weight excluding hydrogens is 459 g/mol. The molecule has 0 aliphatic heterocycles. The third-order valence-electron chi connectivity index (χ3n) is 5.75. The monoisotopic (exact) mass is 492 g/mol. The minimum absolute atomic E-state index is 0.0978. The zero-order valence-corrected chi connectivity index (χ0v) is 20.4. The lowest BCUT2D eigenvalue weighted by Gasteiger charge is -2.21. The van der Waals surface area contributed by atoms with Gasteiger partial charge in [-0.1, -0.05) is 54.6 Å². The summed E-state index contributed by atoms with van der Waals surface area (Å²) in [6, 6.07) is 19.7. The van der Waals surface area contributed by atoms with Crippen molar-refractivity contribution in [3.05, 3.63) is 101 Å². The molecule has 0 radical (unpaired) electrons. The summed E-state index contributed by atoms with van der Waals surface area (Å²) < 4.78 is 19.5. The van der Waals surface area contributed by atoms with E-state index in [1.54, 1.807) is 12.1 Å². The molecule has 7 nitrogen and oxygen atoms in total. The maximum atomic E-state index is 14.1. The van der Waals surface area contributed by atoms with E-state index in [9.17, 15) is 14.0 Å². The van der Waals surface area contributed by atoms with E-state index in [1.165, 1.54) is 6.07 Å². The first kappa shape index (κ1) is 26.8. The largest absolute Gasteiger partial charge is 0.494 e. The van der Waals surface area contributed by atoms with Gasteiger partial charge in [-0.3, -0.25) is 9.59 Å². The van der Waals surface area contributed by atoms with Crippen molar-refractivity contribution in [2.45, 2.75) is 44.9 Å². The van der Waals surface area contributed by atoms with Gasteiger partial charge in [-0.15, -0.1) is 0 Å². The van der Waals surface area contributed by atoms with E-state index >= 15 is 0 Å². The molecule has 0 aromatic heterocycles. The fourth-order valence-electron chi connectivity index (χ4n) is 3.75. The van der Waals surface area contributed by atoms with E-state index in [1.807, 2.05) is 61.5 Å². The van der Waals surface area contributed by atoms with Crippen LogP contribution in [0, 0.1) is 5.82 Å². The molecule has 1 unspecified atom stereocenters. The van der Waals surface area contributed by atoms with Crippen molar-refractivity contribution >= 4 is 11.8 Å². The van der Waals surface area contributed by atoms with Crippen molar-refractivity contribution < 1.29 is 18.7 Å². The van der Waals surface area contributed by atoms with Crippen LogP contribution in [0.4, 0.5) is 4.39 Å². The molecule has 2 amide bonds. The van der Waals surface area contributed by atoms with Gasteiger partial charge in [0.15, 0.2) is 0 Å². The summed E-state index contributed by atoms with van der Waals surface area (Å²) >= 11 is 0. The number of nitrogens with one attached hydrogen (secondary N) is 2. The van der Waals surface area contributed by atoms with E-state index < -0.39 is 23.8 Å². The Hall–Kier alpha value is -3.75. The van der Waals surface area contributed by atoms with E-state index in [4.69, 9.17) is 16.2 Å². The minimum Gasteiger partial charge on any atom is -0.494 e. The third kappa shape index (κ3) is 7.90. The summed E-state index contributed by atoms with van der Waals surface area (Å²) in [5, 5.41) is 5.58. The highest BCUT2D eigenvalue weighted by molar-refractivity contribution is 5.90. The molecule has 6 N–H and O–H groups in total. The molecule has 0 bridgehead atoms. The highest BCUT2D eigenvalue weighted by Gasteiger charge is 2.24. The predicted octanol–water partition coefficient (Wildman–Crippen LogP) is 2.60. The first-order chi connectivity index (χ1) is 17.4. The van der Waals surface area contributed by atoms with Gasteiger partial charge in [0, 0.05) is 25.1 Å². The Morgan fingerprint density at radius 1 is 0.917 bits per heavy atom. The number of ether oxygens (including phenoxy) is 1. The molecule has 8 heteroatoms. The standard InChI is InChI=1S/C28H33FN4O3/c1-2-36-23-12-9-20(10-13-23)15-25(31)27(34)33-26(16-19-6-4-3-5-7-19)28(35)32-18-21-8-11-22(17-30)24(29)14-21/h3-14,25-26H,2,15-18,30-31H2,1H3,(H,32,35)(H,33,34)/t25?,26-/m0/s1. The fraction of sp³-hybridized carbons (Fsp3) is 0.286. The van der Waals surface area contributed by atoms with E-state index in [2.05, 4.69) is 10.6 Å². The van der Waals surface area contributed by atoms with Crippen LogP contribution in [0.25, 0.3) is 0 Å². The summed E-state index contributed by atoms with van der Waals surface area (Å²) in [7, 11) is 0. The van der Waals surface area contributed by atoms with E-state index in [0.29, 0.717) is 24.2 Å². The van der Waals surface area contributed by atoms with Gasteiger partial charge < -0.3 is 26.8 Å². The van der Waals surface area contributed by atoms with Gasteiger partial charge in [0.1, 0.15) is 17.6 Å². The Labute approximate surface area is 211 Å². The molecule has 0 heterocycles. The molecule has 36 heavy (non-hydrogen) atoms. The van der Waals surface area contributed by atoms with Gasteiger partial charge >= 0.3 is 0 Å². The van der Waals surface area contributed by atoms with Crippen LogP contribution < -0.4 is 26.8 Å². The maximum Gasteiger partial charge on any atom is 0.243 e. The smallest absolute Gasteiger partial charge is 0.243 e. The molecule has 0 aliphatic rings. The Morgan fingerprint density at radius 2 is 1.58 bits per heavy atom. The molecule has 0 saturated carbocycles. The normalized spacial score (nSPS) is 12.4. The van der Waals surface area contributed by atoms with Gasteiger partial charge in [0.2, 0.25) is 11.8 Å². The lowest BCUT2D eigenvalue weighted by Crippen LogP contribution is -2.52. The summed E-state index contributed by atoms with van der Waals surface area (Å²) in [6.45, 7) is 2.69. The molecule has 0 aliphatic carbocycles. The van der Waals surface area contributed by atoms with E-state index in [0.717, 1.165) is 16.9 Å². The van der Waals surface area contributed by atoms with Crippen molar-refractivity contribution in [1.29, 1.82) is 0 Å². The number of carbonyl (C=O) groups excluding carboxylic acids is 2. The summed E-state index contributed by atoms with van der Waals surface area (Å²) in [6.07, 6.45) is 0.597. The fourth-order valence-corrected chi connectivity index (χ4v) is 3.75. The number of halogens is 1. The maximum absolute atomic E-state index is 14.1. The second-order valence-electron chi connectivity index (χ2n) is 8.49. The van der Waals surface area contributed by atoms with Crippen LogP contribution in [-0.2, 0) is 35.5 Å². The van der Waals surface area contributed by atoms with Gasteiger partial charge in [-0.2, -0.15) is 0 Å². The predicted molar refractivity (Wildman–Crippen MR) is 138 cm³/mol. The Morgan fingerprint density at radius 3 is 2.22 bits per heavy atom. The van der Waals surface area contributed by atoms with Crippen LogP contribution in [0.1, 0.15) is 29.2 Å². The van der Waals surface area contributed by atoms with Crippen LogP contribution in [0.3, 0.4) is 0 Å². The summed E-state index contributed by atoms with van der Waals surface area (Å²) in [5.41, 5.74) is 14.4. The number of rotatable bonds is 12. The quantitative estimate of drug-likeness (QED) is 0.310. The Kier molecular flexibility index (Phi) is 9.97. The molecule has 190 valence electrons. The first-order valence-electron chi connectivity index (χ1n) is 12.0. The van der Waals surface area contributed by atoms with Gasteiger partial charge in [-0.25, -0.2) is 4.39 Å². The lowest BCUT2D eigenvalue weighted by atomic mass is 10.0. The van der Waals surface area contributed by atoms with Crippen molar-refractivity contribution in [3.63, 3.8) is 0 Å². The number of hydrogen-bond donors (Lipinski definition) is 4. The average molecular weight is 493 g/mol. The van der Waals surface area contributed by atoms with Crippen molar-refractivity contribution in [1.82, 2.24) is 10.6 Å². The molecular formula is C28H33FN4O3. The lowest BCUT2D eigenvalue weighted by molar-refractivity contribution is -0.129. The zero-order chi connectivity index (χ0) is 25.9. The van der Waals surface area contributed by atoms with Crippen LogP contribution in [0.5, 0.6) is 5.75 Å². The second kappa shape index (κ2) is 13.4. The number of nitrogens with two attached hydrogens (primary N) is 2. The van der Waals surface area contributed by atoms with Gasteiger partial charge in [0.25, 0.3) is 0 Å². The van der Waals surface area contributed by atoms with Crippen LogP contribution >= 0.6 is 0 Å². The first-order valence-corrected chi connectivity index (χ1v) is 12.0. The molecule has 3 aromatic rings. The number of hydrogen-bond acceptors (Lipinski definition) is 5. The highest BCUT2D eigenvalue weighted by atomic mass is 19.1. The van der Waals surface area contributed by atoms with Crippen LogP contribution in [-0.4, -0.2) is 30.5 Å². The average Bonchev–Trinajstić information content (AvgIpc) is 2.88. The second-order valence-corrected chi connectivity index (χ2v) is 8.49. The molecule has 2 atom stereocenters. The molecule has 3 rings (SSSR count). The Balaban J connectivity index is 1.65. The number of amides is 2. The Bertz CT molecular complexity index is 1140. The van der Waals surface area contributed by atoms with Crippen molar-refractivity contribution in [2.75, 3.05) is 6.61 Å². The van der Waals surface area contributed by atoms with E-state index in [-0.39, 0.29) is 25.4 Å². The molecule has 0 saturated heterocycles. The van der Waals surface area contributed by atoms with Crippen molar-refractivity contribution in [2.24, 2.45) is 11.5 Å². The van der Waals surface area contributed by atoms with Gasteiger partial charge in [-0.05, 0) is 48.2 Å². The highest BCUT2D eigenvalue weighted by Crippen LogP contribution is 2.14. The van der Waals surface area contributed by atoms with Crippen LogP contribution in [0.15, 0.2) is 72.8 Å². The minimum atomic E-state index is -0.848. The van der Waals surface area contributed by atoms with Crippen LogP contribution in [0.2, 0.25) is 0 Å². The number of carbonyl (C=O) groups is 2. The SMILES string of the molecule is CCOc1ccc(CC(N)C(=O)N[C@@H](Cc2ccccc2)C(=O)NCc2ccc(CN)c(F)c2)cc1. The third-order valence-corrected chi connectivity index (χ3v) is 5.75. The molecule has 0 fully saturated rings. The molecule has 3 aromatic carbocycles. The topological polar surface area (TPSA) is 119 Å². The number of benzene rings is 3.